The van der Waals surface area contributed by atoms with Gasteiger partial charge in [0, 0.05) is 21.9 Å². The van der Waals surface area contributed by atoms with Gasteiger partial charge in [0.25, 0.3) is 0 Å². The van der Waals surface area contributed by atoms with Crippen molar-refractivity contribution in [3.8, 4) is 40.5 Å². The van der Waals surface area contributed by atoms with E-state index in [2.05, 4.69) is 22.1 Å². The Hall–Kier alpha value is -5.12. The maximum Gasteiger partial charge on any atom is 0.323 e. The molecular formula is C33H32ClN7O6S. The maximum absolute atomic E-state index is 12.2. The summed E-state index contributed by atoms with van der Waals surface area (Å²) in [5, 5.41) is 21.0. The van der Waals surface area contributed by atoms with E-state index < -0.39 is 24.1 Å². The SMILES string of the molecule is CC(C)[C@H](N)C(=O)OC[C@@H](COc1ccc(-c2c(C#N)c(N)nc(SCc3coc(-c4ccc(Cl)cc4)n3)c2C#N)cc1)OC(=O)CN. The lowest BCUT2D eigenvalue weighted by molar-refractivity contribution is -0.160. The summed E-state index contributed by atoms with van der Waals surface area (Å²) in [5.41, 5.74) is 19.8. The Morgan fingerprint density at radius 2 is 1.67 bits per heavy atom. The topological polar surface area (TPSA) is 226 Å². The summed E-state index contributed by atoms with van der Waals surface area (Å²) in [4.78, 5) is 32.9. The number of oxazole rings is 1. The van der Waals surface area contributed by atoms with E-state index in [1.807, 2.05) is 0 Å². The second kappa shape index (κ2) is 16.6. The number of pyridine rings is 1. The lowest BCUT2D eigenvalue weighted by Gasteiger charge is -2.20. The van der Waals surface area contributed by atoms with Gasteiger partial charge in [-0.2, -0.15) is 10.5 Å². The average Bonchev–Trinajstić information content (AvgIpc) is 3.57. The van der Waals surface area contributed by atoms with Crippen LogP contribution in [0, 0.1) is 28.6 Å². The lowest BCUT2D eigenvalue weighted by atomic mass is 9.97. The quantitative estimate of drug-likeness (QED) is 0.123. The minimum absolute atomic E-state index is 0.0346. The molecule has 0 saturated heterocycles. The highest BCUT2D eigenvalue weighted by Crippen LogP contribution is 2.37. The van der Waals surface area contributed by atoms with Gasteiger partial charge in [0.1, 0.15) is 59.8 Å². The smallest absolute Gasteiger partial charge is 0.323 e. The van der Waals surface area contributed by atoms with Gasteiger partial charge >= 0.3 is 11.9 Å². The van der Waals surface area contributed by atoms with Crippen LogP contribution in [-0.4, -0.2) is 53.8 Å². The van der Waals surface area contributed by atoms with E-state index in [1.165, 1.54) is 18.0 Å². The summed E-state index contributed by atoms with van der Waals surface area (Å²) in [6.07, 6.45) is 0.563. The minimum Gasteiger partial charge on any atom is -0.490 e. The molecular weight excluding hydrogens is 658 g/mol. The number of nitriles is 2. The third kappa shape index (κ3) is 9.02. The third-order valence-corrected chi connectivity index (χ3v) is 8.12. The van der Waals surface area contributed by atoms with Crippen molar-refractivity contribution in [1.29, 1.82) is 10.5 Å². The van der Waals surface area contributed by atoms with Crippen LogP contribution in [0.25, 0.3) is 22.6 Å². The third-order valence-electron chi connectivity index (χ3n) is 6.86. The molecule has 2 aromatic heterocycles. The summed E-state index contributed by atoms with van der Waals surface area (Å²) in [6, 6.07) is 17.0. The normalized spacial score (nSPS) is 12.1. The zero-order valence-corrected chi connectivity index (χ0v) is 27.6. The fourth-order valence-corrected chi connectivity index (χ4v) is 5.23. The molecule has 0 saturated carbocycles. The number of esters is 2. The first kappa shape index (κ1) is 35.7. The van der Waals surface area contributed by atoms with Crippen molar-refractivity contribution in [2.75, 3.05) is 25.5 Å². The van der Waals surface area contributed by atoms with Crippen molar-refractivity contribution in [2.24, 2.45) is 17.4 Å². The molecule has 0 amide bonds. The molecule has 0 aliphatic rings. The molecule has 2 aromatic carbocycles. The Morgan fingerprint density at radius 3 is 2.29 bits per heavy atom. The number of carbonyl (C=O) groups excluding carboxylic acids is 2. The number of hydrogen-bond acceptors (Lipinski definition) is 14. The molecule has 2 atom stereocenters. The molecule has 0 unspecified atom stereocenters. The van der Waals surface area contributed by atoms with Crippen LogP contribution in [-0.2, 0) is 24.8 Å². The number of nitrogens with two attached hydrogens (primary N) is 3. The molecule has 0 aliphatic carbocycles. The highest BCUT2D eigenvalue weighted by Gasteiger charge is 2.24. The number of hydrogen-bond donors (Lipinski definition) is 3. The van der Waals surface area contributed by atoms with Gasteiger partial charge < -0.3 is 35.8 Å². The van der Waals surface area contributed by atoms with Crippen molar-refractivity contribution in [3.05, 3.63) is 76.6 Å². The molecule has 6 N–H and O–H groups in total. The molecule has 0 fully saturated rings. The number of rotatable bonds is 14. The second-order valence-corrected chi connectivity index (χ2v) is 12.0. The highest BCUT2D eigenvalue weighted by atomic mass is 35.5. The van der Waals surface area contributed by atoms with Crippen molar-refractivity contribution in [2.45, 2.75) is 36.8 Å². The molecule has 0 aliphatic heterocycles. The Labute approximate surface area is 285 Å². The Kier molecular flexibility index (Phi) is 12.4. The number of benzene rings is 2. The summed E-state index contributed by atoms with van der Waals surface area (Å²) in [7, 11) is 0. The van der Waals surface area contributed by atoms with Crippen LogP contribution in [0.2, 0.25) is 5.02 Å². The number of thioether (sulfide) groups is 1. The van der Waals surface area contributed by atoms with Crippen LogP contribution >= 0.6 is 23.4 Å². The van der Waals surface area contributed by atoms with Crippen LogP contribution in [0.15, 0.2) is 64.2 Å². The first-order valence-electron chi connectivity index (χ1n) is 14.6. The van der Waals surface area contributed by atoms with E-state index in [1.54, 1.807) is 62.4 Å². The van der Waals surface area contributed by atoms with Crippen LogP contribution in [0.3, 0.4) is 0 Å². The number of anilines is 1. The maximum atomic E-state index is 12.2. The molecule has 2 heterocycles. The highest BCUT2D eigenvalue weighted by molar-refractivity contribution is 7.98. The zero-order valence-electron chi connectivity index (χ0n) is 26.0. The van der Waals surface area contributed by atoms with Gasteiger partial charge in [-0.15, -0.1) is 0 Å². The first-order chi connectivity index (χ1) is 23.0. The second-order valence-electron chi connectivity index (χ2n) is 10.6. The zero-order chi connectivity index (χ0) is 34.8. The Bertz CT molecular complexity index is 1840. The predicted octanol–water partition coefficient (Wildman–Crippen LogP) is 4.45. The minimum atomic E-state index is -0.953. The van der Waals surface area contributed by atoms with E-state index in [0.29, 0.717) is 44.3 Å². The number of nitrogen functional groups attached to an aromatic ring is 1. The molecule has 4 aromatic rings. The number of carbonyl (C=O) groups is 2. The summed E-state index contributed by atoms with van der Waals surface area (Å²) >= 11 is 7.19. The standard InChI is InChI=1S/C33H32ClN7O6S/c1-18(2)29(38)33(43)46-16-24(47-27(42)13-37)15-44-23-9-5-19(6-10-23)28-25(11-35)30(39)41-32(26(28)12-36)48-17-22-14-45-31(40-22)20-3-7-21(34)8-4-20/h3-10,14,18,24,29H,13,15-17,37-38H2,1-2H3,(H2,39,41)/t24-,29+/m1/s1. The predicted molar refractivity (Wildman–Crippen MR) is 178 cm³/mol. The van der Waals surface area contributed by atoms with Crippen LogP contribution in [0.5, 0.6) is 5.75 Å². The summed E-state index contributed by atoms with van der Waals surface area (Å²) in [5.74, 6) is -0.424. The van der Waals surface area contributed by atoms with Crippen LogP contribution in [0.1, 0.15) is 30.7 Å². The van der Waals surface area contributed by atoms with E-state index in [0.717, 1.165) is 5.56 Å². The molecule has 0 bridgehead atoms. The van der Waals surface area contributed by atoms with Crippen molar-refractivity contribution < 1.29 is 28.2 Å². The fraction of sp³-hybridized carbons (Fsp3) is 0.273. The van der Waals surface area contributed by atoms with Gasteiger partial charge in [-0.3, -0.25) is 9.59 Å². The fourth-order valence-electron chi connectivity index (χ4n) is 4.23. The van der Waals surface area contributed by atoms with Gasteiger partial charge in [-0.05, 0) is 47.9 Å². The van der Waals surface area contributed by atoms with E-state index >= 15 is 0 Å². The average molecular weight is 690 g/mol. The van der Waals surface area contributed by atoms with Crippen molar-refractivity contribution in [3.63, 3.8) is 0 Å². The van der Waals surface area contributed by atoms with Gasteiger partial charge in [0.2, 0.25) is 5.89 Å². The van der Waals surface area contributed by atoms with Crippen LogP contribution < -0.4 is 21.9 Å². The number of halogens is 1. The molecule has 13 nitrogen and oxygen atoms in total. The van der Waals surface area contributed by atoms with E-state index in [-0.39, 0.29) is 42.6 Å². The van der Waals surface area contributed by atoms with E-state index in [4.69, 9.17) is 47.4 Å². The van der Waals surface area contributed by atoms with Gasteiger partial charge in [0.05, 0.1) is 17.8 Å². The molecule has 0 spiro atoms. The van der Waals surface area contributed by atoms with Crippen molar-refractivity contribution in [1.82, 2.24) is 9.97 Å². The number of aromatic nitrogens is 2. The Morgan fingerprint density at radius 1 is 1.00 bits per heavy atom. The number of nitrogens with zero attached hydrogens (tertiary/aromatic N) is 4. The molecule has 0 radical (unpaired) electrons. The largest absolute Gasteiger partial charge is 0.490 e. The van der Waals surface area contributed by atoms with E-state index in [9.17, 15) is 20.1 Å². The number of ether oxygens (including phenoxy) is 3. The molecule has 15 heteroatoms. The van der Waals surface area contributed by atoms with Gasteiger partial charge in [-0.1, -0.05) is 49.3 Å². The molecule has 248 valence electrons. The van der Waals surface area contributed by atoms with Gasteiger partial charge in [-0.25, -0.2) is 9.97 Å². The molecule has 4 rings (SSSR count). The monoisotopic (exact) mass is 689 g/mol. The lowest BCUT2D eigenvalue weighted by Crippen LogP contribution is -2.40. The molecule has 48 heavy (non-hydrogen) atoms. The summed E-state index contributed by atoms with van der Waals surface area (Å²) < 4.78 is 21.9. The Balaban J connectivity index is 1.50. The van der Waals surface area contributed by atoms with Crippen molar-refractivity contribution >= 4 is 41.1 Å². The first-order valence-corrected chi connectivity index (χ1v) is 15.9. The van der Waals surface area contributed by atoms with Crippen LogP contribution in [0.4, 0.5) is 5.82 Å². The summed E-state index contributed by atoms with van der Waals surface area (Å²) in [6.45, 7) is 2.74. The van der Waals surface area contributed by atoms with Gasteiger partial charge in [0.15, 0.2) is 6.10 Å².